The maximum atomic E-state index is 12.5. The second-order valence-electron chi connectivity index (χ2n) is 6.32. The van der Waals surface area contributed by atoms with Gasteiger partial charge in [-0.3, -0.25) is 4.79 Å². The van der Waals surface area contributed by atoms with E-state index < -0.39 is 0 Å². The van der Waals surface area contributed by atoms with Crippen molar-refractivity contribution < 1.29 is 9.32 Å². The molecule has 1 aliphatic rings. The van der Waals surface area contributed by atoms with Crippen LogP contribution in [0.5, 0.6) is 0 Å². The van der Waals surface area contributed by atoms with Gasteiger partial charge in [0.05, 0.1) is 12.6 Å². The SMILES string of the molecule is Cc1cc(C)c(CNC(=O)N2CCC[C@H]2c2cc(C)on2)c(=O)[nH]1. The zero-order valence-corrected chi connectivity index (χ0v) is 14.2. The summed E-state index contributed by atoms with van der Waals surface area (Å²) >= 11 is 0. The number of nitrogens with zero attached hydrogens (tertiary/aromatic N) is 2. The van der Waals surface area contributed by atoms with E-state index in [9.17, 15) is 9.59 Å². The normalized spacial score (nSPS) is 17.3. The van der Waals surface area contributed by atoms with E-state index in [-0.39, 0.29) is 24.2 Å². The predicted octanol–water partition coefficient (Wildman–Crippen LogP) is 2.33. The van der Waals surface area contributed by atoms with Crippen LogP contribution in [0.25, 0.3) is 0 Å². The largest absolute Gasteiger partial charge is 0.361 e. The molecule has 2 aromatic rings. The molecule has 2 amide bonds. The number of aromatic amines is 1. The van der Waals surface area contributed by atoms with Gasteiger partial charge in [0.25, 0.3) is 5.56 Å². The molecule has 1 fully saturated rings. The van der Waals surface area contributed by atoms with Crippen molar-refractivity contribution in [1.29, 1.82) is 0 Å². The van der Waals surface area contributed by atoms with Crippen LogP contribution in [-0.2, 0) is 6.54 Å². The number of rotatable bonds is 3. The third-order valence-corrected chi connectivity index (χ3v) is 4.41. The lowest BCUT2D eigenvalue weighted by molar-refractivity contribution is 0.190. The van der Waals surface area contributed by atoms with Crippen molar-refractivity contribution in [3.63, 3.8) is 0 Å². The lowest BCUT2D eigenvalue weighted by atomic mass is 10.1. The number of carbonyl (C=O) groups excluding carboxylic acids is 1. The molecule has 3 rings (SSSR count). The van der Waals surface area contributed by atoms with E-state index in [1.54, 1.807) is 4.90 Å². The maximum Gasteiger partial charge on any atom is 0.318 e. The van der Waals surface area contributed by atoms with Gasteiger partial charge >= 0.3 is 6.03 Å². The Hall–Kier alpha value is -2.57. The zero-order chi connectivity index (χ0) is 17.3. The fraction of sp³-hybridized carbons (Fsp3) is 0.471. The molecule has 0 bridgehead atoms. The molecule has 2 aromatic heterocycles. The molecule has 1 atom stereocenters. The monoisotopic (exact) mass is 330 g/mol. The smallest absolute Gasteiger partial charge is 0.318 e. The summed E-state index contributed by atoms with van der Waals surface area (Å²) in [5.41, 5.74) is 2.90. The lowest BCUT2D eigenvalue weighted by Crippen LogP contribution is -2.40. The summed E-state index contributed by atoms with van der Waals surface area (Å²) in [5, 5.41) is 6.89. The summed E-state index contributed by atoms with van der Waals surface area (Å²) < 4.78 is 5.12. The average molecular weight is 330 g/mol. The summed E-state index contributed by atoms with van der Waals surface area (Å²) in [7, 11) is 0. The minimum absolute atomic E-state index is 0.0696. The number of amides is 2. The Labute approximate surface area is 140 Å². The van der Waals surface area contributed by atoms with Crippen LogP contribution >= 0.6 is 0 Å². The van der Waals surface area contributed by atoms with Gasteiger partial charge in [0.15, 0.2) is 0 Å². The Balaban J connectivity index is 1.70. The van der Waals surface area contributed by atoms with Gasteiger partial charge in [-0.1, -0.05) is 5.16 Å². The standard InChI is InChI=1S/C17H22N4O3/c1-10-7-11(2)19-16(22)13(10)9-18-17(23)21-6-4-5-15(21)14-8-12(3)24-20-14/h7-8,15H,4-6,9H2,1-3H3,(H,18,23)(H,19,22)/t15-/m0/s1. The van der Waals surface area contributed by atoms with Gasteiger partial charge in [0.2, 0.25) is 0 Å². The van der Waals surface area contributed by atoms with Crippen molar-refractivity contribution in [2.45, 2.75) is 46.2 Å². The van der Waals surface area contributed by atoms with Crippen LogP contribution in [0.15, 0.2) is 21.5 Å². The molecule has 3 heterocycles. The fourth-order valence-electron chi connectivity index (χ4n) is 3.23. The molecular weight excluding hydrogens is 308 g/mol. The average Bonchev–Trinajstić information content (AvgIpc) is 3.14. The van der Waals surface area contributed by atoms with Gasteiger partial charge in [-0.05, 0) is 45.2 Å². The highest BCUT2D eigenvalue weighted by atomic mass is 16.5. The molecule has 1 saturated heterocycles. The molecule has 0 radical (unpaired) electrons. The number of pyridine rings is 1. The highest BCUT2D eigenvalue weighted by Crippen LogP contribution is 2.31. The number of urea groups is 1. The minimum Gasteiger partial charge on any atom is -0.361 e. The highest BCUT2D eigenvalue weighted by molar-refractivity contribution is 5.75. The van der Waals surface area contributed by atoms with E-state index in [4.69, 9.17) is 4.52 Å². The van der Waals surface area contributed by atoms with Crippen LogP contribution in [-0.4, -0.2) is 27.6 Å². The van der Waals surface area contributed by atoms with Gasteiger partial charge in [-0.15, -0.1) is 0 Å². The minimum atomic E-state index is -0.183. The lowest BCUT2D eigenvalue weighted by Gasteiger charge is -2.23. The molecule has 0 unspecified atom stereocenters. The first-order chi connectivity index (χ1) is 11.5. The molecule has 0 aliphatic carbocycles. The number of hydrogen-bond acceptors (Lipinski definition) is 4. The highest BCUT2D eigenvalue weighted by Gasteiger charge is 2.32. The van der Waals surface area contributed by atoms with Gasteiger partial charge in [0, 0.05) is 23.9 Å². The number of hydrogen-bond donors (Lipinski definition) is 2. The van der Waals surface area contributed by atoms with E-state index in [1.165, 1.54) is 0 Å². The van der Waals surface area contributed by atoms with Crippen molar-refractivity contribution in [2.75, 3.05) is 6.54 Å². The quantitative estimate of drug-likeness (QED) is 0.903. The van der Waals surface area contributed by atoms with Crippen LogP contribution < -0.4 is 10.9 Å². The van der Waals surface area contributed by atoms with E-state index in [2.05, 4.69) is 15.5 Å². The zero-order valence-electron chi connectivity index (χ0n) is 14.2. The summed E-state index contributed by atoms with van der Waals surface area (Å²) in [6.07, 6.45) is 1.79. The number of likely N-dealkylation sites (tertiary alicyclic amines) is 1. The molecule has 1 aliphatic heterocycles. The molecule has 128 valence electrons. The topological polar surface area (TPSA) is 91.2 Å². The molecule has 0 aromatic carbocycles. The molecule has 7 nitrogen and oxygen atoms in total. The van der Waals surface area contributed by atoms with Gasteiger partial charge < -0.3 is 19.7 Å². The Morgan fingerprint density at radius 1 is 1.42 bits per heavy atom. The van der Waals surface area contributed by atoms with Crippen LogP contribution in [0.1, 0.15) is 47.2 Å². The fourth-order valence-corrected chi connectivity index (χ4v) is 3.23. The van der Waals surface area contributed by atoms with Gasteiger partial charge in [0.1, 0.15) is 11.5 Å². The maximum absolute atomic E-state index is 12.5. The first-order valence-corrected chi connectivity index (χ1v) is 8.13. The van der Waals surface area contributed by atoms with Crippen LogP contribution in [0.3, 0.4) is 0 Å². The molecular formula is C17H22N4O3. The summed E-state index contributed by atoms with van der Waals surface area (Å²) in [6.45, 7) is 6.43. The van der Waals surface area contributed by atoms with Crippen molar-refractivity contribution in [2.24, 2.45) is 0 Å². The van der Waals surface area contributed by atoms with Crippen LogP contribution in [0, 0.1) is 20.8 Å². The molecule has 7 heteroatoms. The first kappa shape index (κ1) is 16.3. The summed E-state index contributed by atoms with van der Waals surface area (Å²) in [5.74, 6) is 0.735. The third kappa shape index (κ3) is 3.20. The molecule has 24 heavy (non-hydrogen) atoms. The number of carbonyl (C=O) groups is 1. The third-order valence-electron chi connectivity index (χ3n) is 4.41. The van der Waals surface area contributed by atoms with Gasteiger partial charge in [-0.25, -0.2) is 4.79 Å². The second-order valence-corrected chi connectivity index (χ2v) is 6.32. The molecule has 2 N–H and O–H groups in total. The second kappa shape index (κ2) is 6.51. The Morgan fingerprint density at radius 3 is 2.88 bits per heavy atom. The van der Waals surface area contributed by atoms with Crippen molar-refractivity contribution in [3.05, 3.63) is 50.8 Å². The van der Waals surface area contributed by atoms with E-state index >= 15 is 0 Å². The summed E-state index contributed by atoms with van der Waals surface area (Å²) in [6, 6.07) is 3.52. The van der Waals surface area contributed by atoms with Crippen molar-refractivity contribution in [3.8, 4) is 0 Å². The molecule has 0 spiro atoms. The molecule has 0 saturated carbocycles. The van der Waals surface area contributed by atoms with E-state index in [0.29, 0.717) is 12.1 Å². The summed E-state index contributed by atoms with van der Waals surface area (Å²) in [4.78, 5) is 29.1. The van der Waals surface area contributed by atoms with E-state index in [1.807, 2.05) is 32.9 Å². The Morgan fingerprint density at radius 2 is 2.21 bits per heavy atom. The van der Waals surface area contributed by atoms with Gasteiger partial charge in [-0.2, -0.15) is 0 Å². The number of H-pyrrole nitrogens is 1. The first-order valence-electron chi connectivity index (χ1n) is 8.13. The van der Waals surface area contributed by atoms with Crippen LogP contribution in [0.2, 0.25) is 0 Å². The number of nitrogens with one attached hydrogen (secondary N) is 2. The van der Waals surface area contributed by atoms with Crippen molar-refractivity contribution >= 4 is 6.03 Å². The Kier molecular flexibility index (Phi) is 4.42. The number of aromatic nitrogens is 2. The number of aryl methyl sites for hydroxylation is 3. The van der Waals surface area contributed by atoms with E-state index in [0.717, 1.165) is 35.6 Å². The van der Waals surface area contributed by atoms with Crippen molar-refractivity contribution in [1.82, 2.24) is 20.4 Å². The van der Waals surface area contributed by atoms with Crippen LogP contribution in [0.4, 0.5) is 4.79 Å². The Bertz CT molecular complexity index is 808. The predicted molar refractivity (Wildman–Crippen MR) is 88.7 cm³/mol.